The van der Waals surface area contributed by atoms with Crippen LogP contribution in [0.5, 0.6) is 0 Å². The summed E-state index contributed by atoms with van der Waals surface area (Å²) in [5.41, 5.74) is 2.08. The molecule has 0 heterocycles. The van der Waals surface area contributed by atoms with Crippen molar-refractivity contribution in [3.63, 3.8) is 0 Å². The molecular formula is C14H26. The van der Waals surface area contributed by atoms with E-state index in [-0.39, 0.29) is 0 Å². The van der Waals surface area contributed by atoms with E-state index in [1.807, 2.05) is 0 Å². The van der Waals surface area contributed by atoms with Gasteiger partial charge in [0.15, 0.2) is 0 Å². The highest BCUT2D eigenvalue weighted by molar-refractivity contribution is 5.13. The van der Waals surface area contributed by atoms with Gasteiger partial charge in [-0.05, 0) is 42.9 Å². The molecular weight excluding hydrogens is 168 g/mol. The van der Waals surface area contributed by atoms with Crippen molar-refractivity contribution < 1.29 is 0 Å². The third kappa shape index (κ3) is 3.48. The molecule has 0 amide bonds. The molecule has 0 aromatic rings. The van der Waals surface area contributed by atoms with E-state index in [9.17, 15) is 0 Å². The largest absolute Gasteiger partial charge is 0.0845 e. The third-order valence-corrected chi connectivity index (χ3v) is 3.29. The van der Waals surface area contributed by atoms with E-state index in [1.165, 1.54) is 25.7 Å². The van der Waals surface area contributed by atoms with Crippen LogP contribution in [0.2, 0.25) is 0 Å². The molecule has 14 heavy (non-hydrogen) atoms. The van der Waals surface area contributed by atoms with Gasteiger partial charge in [-0.2, -0.15) is 0 Å². The molecule has 0 radical (unpaired) electrons. The maximum absolute atomic E-state index is 2.51. The van der Waals surface area contributed by atoms with Gasteiger partial charge >= 0.3 is 0 Å². The van der Waals surface area contributed by atoms with Gasteiger partial charge in [0.1, 0.15) is 0 Å². The van der Waals surface area contributed by atoms with E-state index in [4.69, 9.17) is 0 Å². The molecule has 1 atom stereocenters. The lowest BCUT2D eigenvalue weighted by molar-refractivity contribution is 0.352. The molecule has 1 aliphatic rings. The van der Waals surface area contributed by atoms with Gasteiger partial charge < -0.3 is 0 Å². The highest BCUT2D eigenvalue weighted by atomic mass is 14.3. The maximum atomic E-state index is 2.51. The second-order valence-electron chi connectivity index (χ2n) is 6.25. The van der Waals surface area contributed by atoms with Crippen molar-refractivity contribution in [2.45, 2.75) is 60.3 Å². The Labute approximate surface area is 89.8 Å². The van der Waals surface area contributed by atoms with Crippen molar-refractivity contribution in [2.75, 3.05) is 0 Å². The van der Waals surface area contributed by atoms with Gasteiger partial charge in [-0.25, -0.2) is 0 Å². The lowest BCUT2D eigenvalue weighted by Crippen LogP contribution is -2.16. The minimum Gasteiger partial charge on any atom is -0.0845 e. The Hall–Kier alpha value is -0.260. The number of rotatable bonds is 2. The van der Waals surface area contributed by atoms with Gasteiger partial charge in [0.05, 0.1) is 0 Å². The van der Waals surface area contributed by atoms with Gasteiger partial charge in [-0.15, -0.1) is 0 Å². The summed E-state index contributed by atoms with van der Waals surface area (Å²) in [5.74, 6) is 1.82. The summed E-state index contributed by atoms with van der Waals surface area (Å²) in [6.45, 7) is 11.7. The van der Waals surface area contributed by atoms with Gasteiger partial charge in [0.25, 0.3) is 0 Å². The van der Waals surface area contributed by atoms with E-state index >= 15 is 0 Å². The zero-order valence-electron chi connectivity index (χ0n) is 10.6. The molecule has 1 rings (SSSR count). The molecule has 1 aliphatic carbocycles. The first kappa shape index (κ1) is 11.8. The smallest absolute Gasteiger partial charge is 0.0173 e. The lowest BCUT2D eigenvalue weighted by atomic mass is 9.76. The molecule has 0 aromatic heterocycles. The van der Waals surface area contributed by atoms with E-state index in [1.54, 1.807) is 5.57 Å². The van der Waals surface area contributed by atoms with Crippen LogP contribution in [0.1, 0.15) is 60.3 Å². The lowest BCUT2D eigenvalue weighted by Gasteiger charge is -2.30. The van der Waals surface area contributed by atoms with Crippen LogP contribution >= 0.6 is 0 Å². The Kier molecular flexibility index (Phi) is 3.80. The minimum atomic E-state index is 0.406. The van der Waals surface area contributed by atoms with Crippen LogP contribution in [-0.4, -0.2) is 0 Å². The summed E-state index contributed by atoms with van der Waals surface area (Å²) in [5, 5.41) is 0. The minimum absolute atomic E-state index is 0.406. The molecule has 0 heteroatoms. The predicted molar refractivity (Wildman–Crippen MR) is 64.3 cm³/mol. The summed E-state index contributed by atoms with van der Waals surface area (Å²) in [4.78, 5) is 0. The highest BCUT2D eigenvalue weighted by Crippen LogP contribution is 2.36. The van der Waals surface area contributed by atoms with Crippen LogP contribution in [0.4, 0.5) is 0 Å². The number of hydrogen-bond acceptors (Lipinski definition) is 0. The second-order valence-corrected chi connectivity index (χ2v) is 6.25. The van der Waals surface area contributed by atoms with Crippen molar-refractivity contribution in [2.24, 2.45) is 17.3 Å². The van der Waals surface area contributed by atoms with Gasteiger partial charge in [0, 0.05) is 0 Å². The number of allylic oxidation sites excluding steroid dienone is 2. The first-order valence-electron chi connectivity index (χ1n) is 6.09. The van der Waals surface area contributed by atoms with E-state index in [0.29, 0.717) is 5.41 Å². The van der Waals surface area contributed by atoms with Gasteiger partial charge in [0.2, 0.25) is 0 Å². The molecule has 0 aliphatic heterocycles. The summed E-state index contributed by atoms with van der Waals surface area (Å²) >= 11 is 0. The van der Waals surface area contributed by atoms with Gasteiger partial charge in [-0.3, -0.25) is 0 Å². The van der Waals surface area contributed by atoms with Crippen molar-refractivity contribution >= 4 is 0 Å². The van der Waals surface area contributed by atoms with Crippen LogP contribution < -0.4 is 0 Å². The average Bonchev–Trinajstić information content (AvgIpc) is 2.02. The third-order valence-electron chi connectivity index (χ3n) is 3.29. The molecule has 0 aromatic carbocycles. The molecule has 1 unspecified atom stereocenters. The second kappa shape index (κ2) is 4.51. The molecule has 82 valence electrons. The first-order valence-corrected chi connectivity index (χ1v) is 6.09. The summed E-state index contributed by atoms with van der Waals surface area (Å²) in [6, 6.07) is 0. The van der Waals surface area contributed by atoms with Crippen molar-refractivity contribution in [1.29, 1.82) is 0 Å². The molecule has 0 bridgehead atoms. The zero-order valence-corrected chi connectivity index (χ0v) is 10.6. The van der Waals surface area contributed by atoms with E-state index in [0.717, 1.165) is 11.8 Å². The Morgan fingerprint density at radius 1 is 1.36 bits per heavy atom. The first-order chi connectivity index (χ1) is 6.39. The van der Waals surface area contributed by atoms with E-state index in [2.05, 4.69) is 40.7 Å². The molecule has 0 N–H and O–H groups in total. The van der Waals surface area contributed by atoms with Crippen LogP contribution in [0.3, 0.4) is 0 Å². The molecule has 0 spiro atoms. The van der Waals surface area contributed by atoms with Gasteiger partial charge in [-0.1, -0.05) is 46.3 Å². The van der Waals surface area contributed by atoms with Crippen LogP contribution in [0, 0.1) is 17.3 Å². The quantitative estimate of drug-likeness (QED) is 0.554. The fourth-order valence-corrected chi connectivity index (χ4v) is 2.45. The van der Waals surface area contributed by atoms with Crippen LogP contribution in [0.15, 0.2) is 11.6 Å². The fraction of sp³-hybridized carbons (Fsp3) is 0.857. The molecule has 0 saturated carbocycles. The van der Waals surface area contributed by atoms with Crippen LogP contribution in [0.25, 0.3) is 0 Å². The fourth-order valence-electron chi connectivity index (χ4n) is 2.45. The summed E-state index contributed by atoms with van der Waals surface area (Å²) < 4.78 is 0. The monoisotopic (exact) mass is 194 g/mol. The molecule has 0 saturated heterocycles. The standard InChI is InChI=1S/C14H26/c1-11(2)10-12-6-8-13(9-7-12)14(3,4)5/h8,11-12H,6-7,9-10H2,1-5H3. The van der Waals surface area contributed by atoms with Crippen LogP contribution in [-0.2, 0) is 0 Å². The SMILES string of the molecule is CC(C)CC1CC=C(C(C)(C)C)CC1. The Morgan fingerprint density at radius 2 is 2.00 bits per heavy atom. The Morgan fingerprint density at radius 3 is 2.36 bits per heavy atom. The summed E-state index contributed by atoms with van der Waals surface area (Å²) in [7, 11) is 0. The highest BCUT2D eigenvalue weighted by Gasteiger charge is 2.22. The summed E-state index contributed by atoms with van der Waals surface area (Å²) in [6.07, 6.45) is 8.00. The maximum Gasteiger partial charge on any atom is -0.0173 e. The topological polar surface area (TPSA) is 0 Å². The Bertz CT molecular complexity index is 203. The average molecular weight is 194 g/mol. The normalized spacial score (nSPS) is 23.9. The van der Waals surface area contributed by atoms with Crippen molar-refractivity contribution in [3.8, 4) is 0 Å². The van der Waals surface area contributed by atoms with Crippen molar-refractivity contribution in [3.05, 3.63) is 11.6 Å². The molecule has 0 fully saturated rings. The number of hydrogen-bond donors (Lipinski definition) is 0. The molecule has 0 nitrogen and oxygen atoms in total. The predicted octanol–water partition coefficient (Wildman–Crippen LogP) is 4.81. The van der Waals surface area contributed by atoms with E-state index < -0.39 is 0 Å². The van der Waals surface area contributed by atoms with Crippen molar-refractivity contribution in [1.82, 2.24) is 0 Å². The Balaban J connectivity index is 2.47. The zero-order chi connectivity index (χ0) is 10.8.